The highest BCUT2D eigenvalue weighted by atomic mass is 32.2. The molecule has 0 radical (unpaired) electrons. The van der Waals surface area contributed by atoms with Crippen LogP contribution in [-0.4, -0.2) is 74.4 Å². The fraction of sp³-hybridized carbons (Fsp3) is 0.344. The first-order valence-corrected chi connectivity index (χ1v) is 15.5. The smallest absolute Gasteiger partial charge is 0.243 e. The number of amides is 1. The lowest BCUT2D eigenvalue weighted by molar-refractivity contribution is -0.133. The second-order valence-electron chi connectivity index (χ2n) is 10.4. The van der Waals surface area contributed by atoms with E-state index in [1.165, 1.54) is 4.31 Å². The Bertz CT molecular complexity index is 1550. The van der Waals surface area contributed by atoms with Gasteiger partial charge in [-0.25, -0.2) is 8.42 Å². The standard InChI is InChI=1S/C32H37N3O5S/c1-26-12-14-30(40-26)24-34(23-27-8-3-2-4-9-27)32(36)25-35(17-7-16-33-18-20-39-21-19-33)41(37,38)31-15-13-28-10-5-6-11-29(28)22-31/h2-6,8-15,22H,7,16-21,23-25H2,1H3. The van der Waals surface area contributed by atoms with E-state index in [0.29, 0.717) is 31.9 Å². The summed E-state index contributed by atoms with van der Waals surface area (Å²) in [5, 5.41) is 1.80. The van der Waals surface area contributed by atoms with E-state index in [0.717, 1.165) is 41.7 Å². The number of sulfonamides is 1. The van der Waals surface area contributed by atoms with Crippen LogP contribution in [0.1, 0.15) is 23.5 Å². The van der Waals surface area contributed by atoms with Gasteiger partial charge in [0.25, 0.3) is 0 Å². The second-order valence-corrected chi connectivity index (χ2v) is 12.3. The summed E-state index contributed by atoms with van der Waals surface area (Å²) in [6, 6.07) is 26.2. The second kappa shape index (κ2) is 13.4. The lowest BCUT2D eigenvalue weighted by atomic mass is 10.1. The van der Waals surface area contributed by atoms with Gasteiger partial charge in [-0.2, -0.15) is 4.31 Å². The first-order valence-electron chi connectivity index (χ1n) is 14.0. The third kappa shape index (κ3) is 7.62. The van der Waals surface area contributed by atoms with Crippen molar-refractivity contribution in [1.29, 1.82) is 0 Å². The van der Waals surface area contributed by atoms with Gasteiger partial charge in [0, 0.05) is 26.2 Å². The largest absolute Gasteiger partial charge is 0.464 e. The van der Waals surface area contributed by atoms with Gasteiger partial charge in [0.2, 0.25) is 15.9 Å². The van der Waals surface area contributed by atoms with Crippen molar-refractivity contribution < 1.29 is 22.4 Å². The number of carbonyl (C=O) groups is 1. The van der Waals surface area contributed by atoms with E-state index in [4.69, 9.17) is 9.15 Å². The molecule has 4 aromatic rings. The van der Waals surface area contributed by atoms with Crippen molar-refractivity contribution in [2.24, 2.45) is 0 Å². The number of nitrogens with zero attached hydrogens (tertiary/aromatic N) is 3. The number of furan rings is 1. The predicted molar refractivity (Wildman–Crippen MR) is 159 cm³/mol. The average molecular weight is 576 g/mol. The molecule has 8 nitrogen and oxygen atoms in total. The number of hydrogen-bond donors (Lipinski definition) is 0. The molecule has 0 spiro atoms. The number of fused-ring (bicyclic) bond motifs is 1. The number of ether oxygens (including phenoxy) is 1. The summed E-state index contributed by atoms with van der Waals surface area (Å²) in [5.74, 6) is 1.14. The molecule has 1 aliphatic heterocycles. The van der Waals surface area contributed by atoms with Crippen molar-refractivity contribution in [3.05, 3.63) is 102 Å². The zero-order valence-electron chi connectivity index (χ0n) is 23.4. The van der Waals surface area contributed by atoms with Crippen molar-refractivity contribution in [2.75, 3.05) is 45.9 Å². The quantitative estimate of drug-likeness (QED) is 0.244. The molecule has 0 aliphatic carbocycles. The fourth-order valence-electron chi connectivity index (χ4n) is 5.10. The maximum absolute atomic E-state index is 14.0. The molecule has 1 amide bonds. The van der Waals surface area contributed by atoms with Crippen LogP contribution in [0.4, 0.5) is 0 Å². The Morgan fingerprint density at radius 1 is 0.878 bits per heavy atom. The molecule has 9 heteroatoms. The Balaban J connectivity index is 1.39. The van der Waals surface area contributed by atoms with E-state index >= 15 is 0 Å². The molecule has 1 fully saturated rings. The molecule has 0 atom stereocenters. The van der Waals surface area contributed by atoms with Crippen LogP contribution in [0.15, 0.2) is 94.2 Å². The van der Waals surface area contributed by atoms with E-state index in [1.807, 2.05) is 79.7 Å². The Kier molecular flexibility index (Phi) is 9.51. The van der Waals surface area contributed by atoms with Gasteiger partial charge in [0.1, 0.15) is 11.5 Å². The van der Waals surface area contributed by atoms with Gasteiger partial charge in [-0.3, -0.25) is 9.69 Å². The van der Waals surface area contributed by atoms with E-state index in [2.05, 4.69) is 4.90 Å². The van der Waals surface area contributed by atoms with E-state index in [-0.39, 0.29) is 30.4 Å². The van der Waals surface area contributed by atoms with Crippen molar-refractivity contribution in [2.45, 2.75) is 31.3 Å². The van der Waals surface area contributed by atoms with E-state index in [9.17, 15) is 13.2 Å². The third-order valence-corrected chi connectivity index (χ3v) is 9.21. The lowest BCUT2D eigenvalue weighted by Crippen LogP contribution is -2.44. The zero-order chi connectivity index (χ0) is 28.7. The minimum atomic E-state index is -3.95. The van der Waals surface area contributed by atoms with E-state index in [1.54, 1.807) is 17.0 Å². The average Bonchev–Trinajstić information content (AvgIpc) is 3.41. The van der Waals surface area contributed by atoms with Crippen molar-refractivity contribution in [3.63, 3.8) is 0 Å². The monoisotopic (exact) mass is 575 g/mol. The molecule has 216 valence electrons. The number of morpholine rings is 1. The molecule has 1 saturated heterocycles. The molecule has 0 bridgehead atoms. The Labute approximate surface area is 242 Å². The highest BCUT2D eigenvalue weighted by Gasteiger charge is 2.29. The van der Waals surface area contributed by atoms with Crippen molar-refractivity contribution in [1.82, 2.24) is 14.1 Å². The molecule has 3 aromatic carbocycles. The summed E-state index contributed by atoms with van der Waals surface area (Å²) in [4.78, 5) is 18.0. The van der Waals surface area contributed by atoms with Crippen LogP contribution in [0.3, 0.4) is 0 Å². The summed E-state index contributed by atoms with van der Waals surface area (Å²) in [7, 11) is -3.95. The van der Waals surface area contributed by atoms with Gasteiger partial charge in [-0.1, -0.05) is 60.7 Å². The maximum atomic E-state index is 14.0. The Morgan fingerprint density at radius 2 is 1.61 bits per heavy atom. The number of carbonyl (C=O) groups excluding carboxylic acids is 1. The molecular weight excluding hydrogens is 538 g/mol. The van der Waals surface area contributed by atoms with Gasteiger partial charge < -0.3 is 14.1 Å². The van der Waals surface area contributed by atoms with Crippen LogP contribution >= 0.6 is 0 Å². The van der Waals surface area contributed by atoms with Crippen LogP contribution < -0.4 is 0 Å². The molecular formula is C32H37N3O5S. The molecule has 0 N–H and O–H groups in total. The maximum Gasteiger partial charge on any atom is 0.243 e. The molecule has 41 heavy (non-hydrogen) atoms. The highest BCUT2D eigenvalue weighted by Crippen LogP contribution is 2.23. The van der Waals surface area contributed by atoms with Gasteiger partial charge in [0.15, 0.2) is 0 Å². The first kappa shape index (κ1) is 29.0. The minimum absolute atomic E-state index is 0.187. The predicted octanol–water partition coefficient (Wildman–Crippen LogP) is 4.68. The fourth-order valence-corrected chi connectivity index (χ4v) is 6.57. The van der Waals surface area contributed by atoms with Crippen LogP contribution in [0, 0.1) is 6.92 Å². The van der Waals surface area contributed by atoms with Gasteiger partial charge in [-0.05, 0) is 60.5 Å². The summed E-state index contributed by atoms with van der Waals surface area (Å²) < 4.78 is 40.6. The molecule has 1 aromatic heterocycles. The Hall–Kier alpha value is -3.50. The molecule has 2 heterocycles. The minimum Gasteiger partial charge on any atom is -0.464 e. The molecule has 1 aliphatic rings. The number of hydrogen-bond acceptors (Lipinski definition) is 6. The van der Waals surface area contributed by atoms with Gasteiger partial charge in [-0.15, -0.1) is 0 Å². The first-order chi connectivity index (χ1) is 19.9. The summed E-state index contributed by atoms with van der Waals surface area (Å²) in [6.07, 6.45) is 0.607. The normalized spacial score (nSPS) is 14.5. The molecule has 5 rings (SSSR count). The molecule has 0 saturated carbocycles. The Morgan fingerprint density at radius 3 is 2.34 bits per heavy atom. The summed E-state index contributed by atoms with van der Waals surface area (Å²) in [6.45, 7) is 6.17. The number of benzene rings is 3. The lowest BCUT2D eigenvalue weighted by Gasteiger charge is -2.29. The van der Waals surface area contributed by atoms with Crippen LogP contribution in [0.5, 0.6) is 0 Å². The van der Waals surface area contributed by atoms with Crippen LogP contribution in [-0.2, 0) is 32.6 Å². The van der Waals surface area contributed by atoms with Crippen LogP contribution in [0.25, 0.3) is 10.8 Å². The van der Waals surface area contributed by atoms with Crippen molar-refractivity contribution in [3.8, 4) is 0 Å². The van der Waals surface area contributed by atoms with Crippen LogP contribution in [0.2, 0.25) is 0 Å². The highest BCUT2D eigenvalue weighted by molar-refractivity contribution is 7.89. The molecule has 0 unspecified atom stereocenters. The summed E-state index contributed by atoms with van der Waals surface area (Å²) >= 11 is 0. The topological polar surface area (TPSA) is 83.3 Å². The van der Waals surface area contributed by atoms with Gasteiger partial charge >= 0.3 is 0 Å². The SMILES string of the molecule is Cc1ccc(CN(Cc2ccccc2)C(=O)CN(CCCN2CCOCC2)S(=O)(=O)c2ccc3ccccc3c2)o1. The summed E-state index contributed by atoms with van der Waals surface area (Å²) in [5.41, 5.74) is 0.959. The number of aryl methyl sites for hydroxylation is 1. The third-order valence-electron chi connectivity index (χ3n) is 7.37. The number of rotatable bonds is 12. The van der Waals surface area contributed by atoms with Crippen molar-refractivity contribution >= 4 is 26.7 Å². The van der Waals surface area contributed by atoms with E-state index < -0.39 is 10.0 Å². The zero-order valence-corrected chi connectivity index (χ0v) is 24.3. The van der Waals surface area contributed by atoms with Gasteiger partial charge in [0.05, 0.1) is 31.2 Å².